The molecule has 1 fully saturated rings. The molecule has 2 N–H and O–H groups in total. The van der Waals surface area contributed by atoms with E-state index in [-0.39, 0.29) is 11.4 Å². The molecule has 26 heavy (non-hydrogen) atoms. The second kappa shape index (κ2) is 6.47. The Labute approximate surface area is 150 Å². The molecular formula is C18H17N3O4S. The molecule has 0 spiro atoms. The maximum atomic E-state index is 12.5. The molecule has 1 saturated heterocycles. The molecular weight excluding hydrogens is 354 g/mol. The van der Waals surface area contributed by atoms with E-state index >= 15 is 0 Å². The van der Waals surface area contributed by atoms with E-state index in [0.29, 0.717) is 18.8 Å². The van der Waals surface area contributed by atoms with Gasteiger partial charge in [-0.25, -0.2) is 17.9 Å². The molecule has 8 heteroatoms. The molecule has 0 saturated carbocycles. The number of aromatic nitrogens is 1. The van der Waals surface area contributed by atoms with Crippen molar-refractivity contribution in [2.45, 2.75) is 11.4 Å². The van der Waals surface area contributed by atoms with Crippen molar-refractivity contribution < 1.29 is 17.9 Å². The van der Waals surface area contributed by atoms with Gasteiger partial charge in [0.15, 0.2) is 0 Å². The minimum atomic E-state index is -3.65. The summed E-state index contributed by atoms with van der Waals surface area (Å²) in [6.45, 7) is 0.964. The Hall–Kier alpha value is -2.84. The fourth-order valence-corrected chi connectivity index (χ4v) is 3.92. The van der Waals surface area contributed by atoms with Gasteiger partial charge in [0.2, 0.25) is 10.0 Å². The number of sulfonamides is 1. The molecule has 0 bridgehead atoms. The molecule has 134 valence electrons. The van der Waals surface area contributed by atoms with Gasteiger partial charge in [0, 0.05) is 16.9 Å². The van der Waals surface area contributed by atoms with Crippen molar-refractivity contribution in [3.8, 4) is 0 Å². The number of aromatic amines is 1. The van der Waals surface area contributed by atoms with E-state index in [1.165, 1.54) is 17.0 Å². The van der Waals surface area contributed by atoms with Crippen molar-refractivity contribution in [1.82, 2.24) is 9.71 Å². The van der Waals surface area contributed by atoms with E-state index < -0.39 is 16.1 Å². The fourth-order valence-electron chi connectivity index (χ4n) is 2.92. The van der Waals surface area contributed by atoms with Gasteiger partial charge in [-0.05, 0) is 41.8 Å². The number of amides is 1. The molecule has 1 aliphatic rings. The minimum absolute atomic E-state index is 0.143. The monoisotopic (exact) mass is 371 g/mol. The third kappa shape index (κ3) is 3.16. The number of ether oxygens (including phenoxy) is 1. The highest BCUT2D eigenvalue weighted by Gasteiger charge is 2.24. The topological polar surface area (TPSA) is 91.5 Å². The Morgan fingerprint density at radius 1 is 1.12 bits per heavy atom. The van der Waals surface area contributed by atoms with Gasteiger partial charge in [-0.1, -0.05) is 18.2 Å². The van der Waals surface area contributed by atoms with Gasteiger partial charge in [-0.3, -0.25) is 4.90 Å². The van der Waals surface area contributed by atoms with Crippen LogP contribution in [0.1, 0.15) is 5.69 Å². The number of carbonyl (C=O) groups is 1. The maximum Gasteiger partial charge on any atom is 0.414 e. The quantitative estimate of drug-likeness (QED) is 0.721. The van der Waals surface area contributed by atoms with Crippen molar-refractivity contribution in [1.29, 1.82) is 0 Å². The Kier molecular flexibility index (Phi) is 4.14. The van der Waals surface area contributed by atoms with Crippen LogP contribution < -0.4 is 9.62 Å². The van der Waals surface area contributed by atoms with E-state index in [1.807, 2.05) is 30.3 Å². The summed E-state index contributed by atoms with van der Waals surface area (Å²) in [5.41, 5.74) is 2.36. The van der Waals surface area contributed by atoms with Gasteiger partial charge >= 0.3 is 6.09 Å². The predicted molar refractivity (Wildman–Crippen MR) is 97.5 cm³/mol. The van der Waals surface area contributed by atoms with Gasteiger partial charge in [0.05, 0.1) is 18.0 Å². The molecule has 0 unspecified atom stereocenters. The highest BCUT2D eigenvalue weighted by Crippen LogP contribution is 2.21. The number of hydrogen-bond donors (Lipinski definition) is 2. The highest BCUT2D eigenvalue weighted by atomic mass is 32.2. The lowest BCUT2D eigenvalue weighted by Gasteiger charge is -2.13. The number of cyclic esters (lactones) is 1. The van der Waals surface area contributed by atoms with Crippen molar-refractivity contribution in [3.05, 3.63) is 60.3 Å². The van der Waals surface area contributed by atoms with E-state index in [2.05, 4.69) is 9.71 Å². The standard InChI is InChI=1S/C18H17N3O4S/c22-18-21(9-10-25-18)15-5-7-16(8-6-15)26(23,24)19-12-14-11-13-3-1-2-4-17(13)20-14/h1-8,11,19-20H,9-10,12H2. The number of hydrogen-bond acceptors (Lipinski definition) is 4. The highest BCUT2D eigenvalue weighted by molar-refractivity contribution is 7.89. The van der Waals surface area contributed by atoms with Crippen molar-refractivity contribution in [2.75, 3.05) is 18.1 Å². The summed E-state index contributed by atoms with van der Waals surface area (Å²) >= 11 is 0. The smallest absolute Gasteiger partial charge is 0.414 e. The molecule has 1 aliphatic heterocycles. The van der Waals surface area contributed by atoms with Gasteiger partial charge in [0.25, 0.3) is 0 Å². The van der Waals surface area contributed by atoms with Gasteiger partial charge in [0.1, 0.15) is 6.61 Å². The molecule has 7 nitrogen and oxygen atoms in total. The number of fused-ring (bicyclic) bond motifs is 1. The van der Waals surface area contributed by atoms with E-state index in [1.54, 1.807) is 12.1 Å². The van der Waals surface area contributed by atoms with Crippen LogP contribution in [0.15, 0.2) is 59.5 Å². The minimum Gasteiger partial charge on any atom is -0.447 e. The van der Waals surface area contributed by atoms with Crippen LogP contribution in [0.5, 0.6) is 0 Å². The van der Waals surface area contributed by atoms with Gasteiger partial charge in [-0.2, -0.15) is 0 Å². The number of nitrogens with zero attached hydrogens (tertiary/aromatic N) is 1. The first-order valence-electron chi connectivity index (χ1n) is 8.14. The number of para-hydroxylation sites is 1. The van der Waals surface area contributed by atoms with E-state index in [4.69, 9.17) is 4.74 Å². The van der Waals surface area contributed by atoms with Crippen LogP contribution in [0.2, 0.25) is 0 Å². The molecule has 1 amide bonds. The summed E-state index contributed by atoms with van der Waals surface area (Å²) < 4.78 is 32.4. The van der Waals surface area contributed by atoms with Gasteiger partial charge in [-0.15, -0.1) is 0 Å². The molecule has 4 rings (SSSR count). The largest absolute Gasteiger partial charge is 0.447 e. The predicted octanol–water partition coefficient (Wildman–Crippen LogP) is 2.60. The van der Waals surface area contributed by atoms with Crippen LogP contribution in [0.3, 0.4) is 0 Å². The number of anilines is 1. The summed E-state index contributed by atoms with van der Waals surface area (Å²) in [4.78, 5) is 16.4. The number of carbonyl (C=O) groups excluding carboxylic acids is 1. The Morgan fingerprint density at radius 3 is 2.58 bits per heavy atom. The first-order chi connectivity index (χ1) is 12.5. The summed E-state index contributed by atoms with van der Waals surface area (Å²) in [6, 6.07) is 15.8. The lowest BCUT2D eigenvalue weighted by Crippen LogP contribution is -2.25. The molecule has 2 heterocycles. The summed E-state index contributed by atoms with van der Waals surface area (Å²) in [7, 11) is -3.65. The third-order valence-corrected chi connectivity index (χ3v) is 5.68. The SMILES string of the molecule is O=C1OCCN1c1ccc(S(=O)(=O)NCc2cc3ccccc3[nH]2)cc1. The second-order valence-corrected chi connectivity index (χ2v) is 7.73. The third-order valence-electron chi connectivity index (χ3n) is 4.26. The molecule has 0 radical (unpaired) electrons. The van der Waals surface area contributed by atoms with Crippen LogP contribution in [0.4, 0.5) is 10.5 Å². The molecule has 0 aliphatic carbocycles. The first kappa shape index (κ1) is 16.6. The zero-order valence-electron chi connectivity index (χ0n) is 13.8. The number of benzene rings is 2. The second-order valence-electron chi connectivity index (χ2n) is 5.97. The Bertz CT molecular complexity index is 1020. The molecule has 0 atom stereocenters. The number of H-pyrrole nitrogens is 1. The van der Waals surface area contributed by atoms with Crippen LogP contribution in [-0.2, 0) is 21.3 Å². The summed E-state index contributed by atoms with van der Waals surface area (Å²) in [5.74, 6) is 0. The molecule has 1 aromatic heterocycles. The van der Waals surface area contributed by atoms with Gasteiger partial charge < -0.3 is 9.72 Å². The van der Waals surface area contributed by atoms with E-state index in [9.17, 15) is 13.2 Å². The van der Waals surface area contributed by atoms with Crippen molar-refractivity contribution >= 4 is 32.7 Å². The Morgan fingerprint density at radius 2 is 1.88 bits per heavy atom. The lowest BCUT2D eigenvalue weighted by molar-refractivity contribution is 0.181. The lowest BCUT2D eigenvalue weighted by atomic mass is 10.2. The summed E-state index contributed by atoms with van der Waals surface area (Å²) in [6.07, 6.45) is -0.419. The van der Waals surface area contributed by atoms with Crippen LogP contribution in [0.25, 0.3) is 10.9 Å². The number of nitrogens with one attached hydrogen (secondary N) is 2. The normalized spacial score (nSPS) is 14.8. The average molecular weight is 371 g/mol. The van der Waals surface area contributed by atoms with Crippen molar-refractivity contribution in [3.63, 3.8) is 0 Å². The Balaban J connectivity index is 1.48. The van der Waals surface area contributed by atoms with Crippen molar-refractivity contribution in [2.24, 2.45) is 0 Å². The summed E-state index contributed by atoms with van der Waals surface area (Å²) in [5, 5.41) is 1.03. The van der Waals surface area contributed by atoms with E-state index in [0.717, 1.165) is 16.6 Å². The maximum absolute atomic E-state index is 12.5. The van der Waals surface area contributed by atoms with Crippen LogP contribution in [0, 0.1) is 0 Å². The molecule has 3 aromatic rings. The zero-order chi connectivity index (χ0) is 18.1. The zero-order valence-corrected chi connectivity index (χ0v) is 14.6. The fraction of sp³-hybridized carbons (Fsp3) is 0.167. The average Bonchev–Trinajstić information content (AvgIpc) is 3.26. The van der Waals surface area contributed by atoms with Crippen LogP contribution >= 0.6 is 0 Å². The first-order valence-corrected chi connectivity index (χ1v) is 9.62. The molecule has 2 aromatic carbocycles. The van der Waals surface area contributed by atoms with Crippen LogP contribution in [-0.4, -0.2) is 32.6 Å². The number of rotatable bonds is 5.